The van der Waals surface area contributed by atoms with Gasteiger partial charge in [-0.1, -0.05) is 107 Å². The molecule has 0 saturated heterocycles. The van der Waals surface area contributed by atoms with E-state index in [-0.39, 0.29) is 0 Å². The van der Waals surface area contributed by atoms with E-state index in [4.69, 9.17) is 0 Å². The highest BCUT2D eigenvalue weighted by molar-refractivity contribution is 6.10. The molecule has 0 aliphatic carbocycles. The molecular weight excluding hydrogens is 553 g/mol. The van der Waals surface area contributed by atoms with Crippen LogP contribution in [0.15, 0.2) is 36.4 Å². The SMILES string of the molecule is CCCc1c(CCC)c(CCC)c2cc3cc4cc5c(CCC)c(CCC)c(CCC)c(CCC)c5cc4cc3cc2c1CCC. The molecule has 5 aromatic rings. The van der Waals surface area contributed by atoms with E-state index in [1.807, 2.05) is 0 Å². The second kappa shape index (κ2) is 15.8. The van der Waals surface area contributed by atoms with Crippen molar-refractivity contribution in [2.24, 2.45) is 0 Å². The second-order valence-corrected chi connectivity index (χ2v) is 14.2. The number of rotatable bonds is 16. The van der Waals surface area contributed by atoms with Crippen LogP contribution in [0.4, 0.5) is 0 Å². The van der Waals surface area contributed by atoms with E-state index in [0.717, 1.165) is 0 Å². The predicted octanol–water partition coefficient (Wildman–Crippen LogP) is 13.9. The van der Waals surface area contributed by atoms with Gasteiger partial charge in [0.1, 0.15) is 0 Å². The van der Waals surface area contributed by atoms with Crippen molar-refractivity contribution in [1.82, 2.24) is 0 Å². The van der Waals surface area contributed by atoms with Crippen LogP contribution >= 0.6 is 0 Å². The van der Waals surface area contributed by atoms with Gasteiger partial charge >= 0.3 is 0 Å². The number of hydrogen-bond donors (Lipinski definition) is 0. The maximum atomic E-state index is 2.59. The summed E-state index contributed by atoms with van der Waals surface area (Å²) in [5.74, 6) is 0. The minimum absolute atomic E-state index is 1.18. The van der Waals surface area contributed by atoms with Crippen LogP contribution in [-0.2, 0) is 51.4 Å². The van der Waals surface area contributed by atoms with Crippen LogP contribution in [0.3, 0.4) is 0 Å². The summed E-state index contributed by atoms with van der Waals surface area (Å²) in [5.41, 5.74) is 13.3. The van der Waals surface area contributed by atoms with Gasteiger partial charge in [0.15, 0.2) is 0 Å². The van der Waals surface area contributed by atoms with Crippen molar-refractivity contribution >= 4 is 43.1 Å². The fraction of sp³-hybridized carbons (Fsp3) is 0.522. The zero-order chi connectivity index (χ0) is 32.8. The first-order chi connectivity index (χ1) is 22.5. The summed E-state index contributed by atoms with van der Waals surface area (Å²) in [6, 6.07) is 15.4. The molecule has 0 heteroatoms. The van der Waals surface area contributed by atoms with E-state index in [2.05, 4.69) is 91.8 Å². The van der Waals surface area contributed by atoms with Crippen molar-refractivity contribution in [3.05, 3.63) is 80.9 Å². The molecule has 0 aromatic heterocycles. The van der Waals surface area contributed by atoms with Crippen LogP contribution in [0, 0.1) is 0 Å². The molecule has 246 valence electrons. The highest BCUT2D eigenvalue weighted by atomic mass is 14.3. The quantitative estimate of drug-likeness (QED) is 0.0970. The Morgan fingerprint density at radius 3 is 0.587 bits per heavy atom. The number of aryl methyl sites for hydroxylation is 4. The van der Waals surface area contributed by atoms with Crippen molar-refractivity contribution in [1.29, 1.82) is 0 Å². The van der Waals surface area contributed by atoms with Crippen LogP contribution in [0.2, 0.25) is 0 Å². The summed E-state index contributed by atoms with van der Waals surface area (Å²) < 4.78 is 0. The summed E-state index contributed by atoms with van der Waals surface area (Å²) >= 11 is 0. The number of hydrogen-bond acceptors (Lipinski definition) is 0. The fourth-order valence-corrected chi connectivity index (χ4v) is 8.83. The maximum absolute atomic E-state index is 2.59. The molecule has 5 rings (SSSR count). The highest BCUT2D eigenvalue weighted by Crippen LogP contribution is 2.40. The summed E-state index contributed by atoms with van der Waals surface area (Å²) in [7, 11) is 0. The van der Waals surface area contributed by atoms with Crippen molar-refractivity contribution in [2.75, 3.05) is 0 Å². The molecule has 0 unspecified atom stereocenters. The van der Waals surface area contributed by atoms with Gasteiger partial charge in [-0.3, -0.25) is 0 Å². The number of fused-ring (bicyclic) bond motifs is 4. The predicted molar refractivity (Wildman–Crippen MR) is 208 cm³/mol. The van der Waals surface area contributed by atoms with Gasteiger partial charge in [-0.2, -0.15) is 0 Å². The molecular formula is C46H62. The minimum atomic E-state index is 1.18. The largest absolute Gasteiger partial charge is 0.0651 e. The Balaban J connectivity index is 1.90. The highest BCUT2D eigenvalue weighted by Gasteiger charge is 2.21. The summed E-state index contributed by atoms with van der Waals surface area (Å²) in [6.07, 6.45) is 19.2. The molecule has 5 aromatic carbocycles. The third-order valence-electron chi connectivity index (χ3n) is 10.6. The second-order valence-electron chi connectivity index (χ2n) is 14.2. The Labute approximate surface area is 281 Å². The third kappa shape index (κ3) is 6.48. The summed E-state index contributed by atoms with van der Waals surface area (Å²) in [5, 5.41) is 11.8. The summed E-state index contributed by atoms with van der Waals surface area (Å²) in [6.45, 7) is 18.9. The first kappa shape index (κ1) is 34.5. The molecule has 0 N–H and O–H groups in total. The van der Waals surface area contributed by atoms with Gasteiger partial charge in [-0.05, 0) is 175 Å². The van der Waals surface area contributed by atoms with Crippen molar-refractivity contribution in [2.45, 2.75) is 158 Å². The van der Waals surface area contributed by atoms with E-state index in [1.165, 1.54) is 146 Å². The van der Waals surface area contributed by atoms with E-state index >= 15 is 0 Å². The molecule has 0 saturated carbocycles. The Kier molecular flexibility index (Phi) is 11.9. The molecule has 0 atom stereocenters. The first-order valence-corrected chi connectivity index (χ1v) is 19.4. The Hall–Kier alpha value is -2.86. The Morgan fingerprint density at radius 2 is 0.413 bits per heavy atom. The van der Waals surface area contributed by atoms with E-state index in [1.54, 1.807) is 44.5 Å². The van der Waals surface area contributed by atoms with Crippen LogP contribution in [0.25, 0.3) is 43.1 Å². The van der Waals surface area contributed by atoms with Crippen LogP contribution in [0.1, 0.15) is 151 Å². The van der Waals surface area contributed by atoms with Gasteiger partial charge in [0.25, 0.3) is 0 Å². The maximum Gasteiger partial charge on any atom is -0.0140 e. The third-order valence-corrected chi connectivity index (χ3v) is 10.6. The molecule has 0 radical (unpaired) electrons. The lowest BCUT2D eigenvalue weighted by Crippen LogP contribution is -2.08. The van der Waals surface area contributed by atoms with Crippen LogP contribution in [-0.4, -0.2) is 0 Å². The molecule has 0 heterocycles. The normalized spacial score (nSPS) is 12.0. The smallest absolute Gasteiger partial charge is 0.0140 e. The van der Waals surface area contributed by atoms with Gasteiger partial charge in [-0.15, -0.1) is 0 Å². The Morgan fingerprint density at radius 1 is 0.239 bits per heavy atom. The standard InChI is InChI=1S/C46H62/c1-9-17-35-36(18-10-2)40(22-14-6)44-28-32-26-34-30-46-42(24-16-8)38(20-12-4)37(19-11-3)41(23-15-7)45(46)29-33(34)25-31(32)27-43(44)39(35)21-13-5/h25-30H,9-24H2,1-8H3. The lowest BCUT2D eigenvalue weighted by molar-refractivity contribution is 0.810. The van der Waals surface area contributed by atoms with Gasteiger partial charge in [0.2, 0.25) is 0 Å². The summed E-state index contributed by atoms with van der Waals surface area (Å²) in [4.78, 5) is 0. The molecule has 0 bridgehead atoms. The van der Waals surface area contributed by atoms with Gasteiger partial charge in [0, 0.05) is 0 Å². The molecule has 0 nitrogen and oxygen atoms in total. The molecule has 46 heavy (non-hydrogen) atoms. The lowest BCUT2D eigenvalue weighted by Gasteiger charge is -2.24. The fourth-order valence-electron chi connectivity index (χ4n) is 8.83. The van der Waals surface area contributed by atoms with Gasteiger partial charge < -0.3 is 0 Å². The molecule has 0 amide bonds. The molecule has 0 spiro atoms. The minimum Gasteiger partial charge on any atom is -0.0651 e. The molecule has 0 fully saturated rings. The van der Waals surface area contributed by atoms with Crippen molar-refractivity contribution < 1.29 is 0 Å². The van der Waals surface area contributed by atoms with Gasteiger partial charge in [-0.25, -0.2) is 0 Å². The monoisotopic (exact) mass is 614 g/mol. The average Bonchev–Trinajstić information content (AvgIpc) is 3.05. The lowest BCUT2D eigenvalue weighted by atomic mass is 9.81. The van der Waals surface area contributed by atoms with Crippen LogP contribution < -0.4 is 0 Å². The van der Waals surface area contributed by atoms with Gasteiger partial charge in [0.05, 0.1) is 0 Å². The van der Waals surface area contributed by atoms with Crippen LogP contribution in [0.5, 0.6) is 0 Å². The molecule has 0 aliphatic heterocycles. The topological polar surface area (TPSA) is 0 Å². The van der Waals surface area contributed by atoms with E-state index in [0.29, 0.717) is 0 Å². The van der Waals surface area contributed by atoms with E-state index < -0.39 is 0 Å². The average molecular weight is 615 g/mol. The van der Waals surface area contributed by atoms with Crippen molar-refractivity contribution in [3.8, 4) is 0 Å². The van der Waals surface area contributed by atoms with E-state index in [9.17, 15) is 0 Å². The zero-order valence-corrected chi connectivity index (χ0v) is 30.8. The zero-order valence-electron chi connectivity index (χ0n) is 30.8. The van der Waals surface area contributed by atoms with Crippen molar-refractivity contribution in [3.63, 3.8) is 0 Å². The molecule has 0 aliphatic rings. The first-order valence-electron chi connectivity index (χ1n) is 19.4. The Bertz CT molecular complexity index is 1550. The number of benzene rings is 5.